The van der Waals surface area contributed by atoms with E-state index >= 15 is 0 Å². The quantitative estimate of drug-likeness (QED) is 0.509. The van der Waals surface area contributed by atoms with E-state index in [-0.39, 0.29) is 35.3 Å². The first kappa shape index (κ1) is 19.2. The molecular weight excluding hydrogens is 408 g/mol. The highest BCUT2D eigenvalue weighted by atomic mass is 19.1. The fourth-order valence-electron chi connectivity index (χ4n) is 3.85. The Labute approximate surface area is 174 Å². The van der Waals surface area contributed by atoms with Gasteiger partial charge < -0.3 is 16.0 Å². The highest BCUT2D eigenvalue weighted by Crippen LogP contribution is 2.31. The molecule has 1 aliphatic heterocycles. The second-order valence-electron chi connectivity index (χ2n) is 7.43. The lowest BCUT2D eigenvalue weighted by molar-refractivity contribution is -0.131. The maximum atomic E-state index is 14.8. The molecule has 0 radical (unpaired) electrons. The standard InChI is InChI=1S/C19H19F2N9O/c1-10(31)28-6-4-13(11(20)8-28)24-19-25-18(22)17-16(12(21)9-30(17)27-19)14-2-3-15-23-5-7-29(15)26-14/h2-3,5,7,9,11,13H,4,6,8H2,1H3,(H3,22,24,25,27)/t11-,13+/m1/s1. The molecule has 0 spiro atoms. The van der Waals surface area contributed by atoms with Crippen molar-refractivity contribution in [2.45, 2.75) is 25.6 Å². The minimum atomic E-state index is -1.29. The SMILES string of the molecule is CC(=O)N1CC[C@H](Nc2nc(N)c3c(-c4ccc5nccn5n4)c(F)cn3n2)[C@H](F)C1. The Kier molecular flexibility index (Phi) is 4.41. The van der Waals surface area contributed by atoms with Crippen LogP contribution in [-0.2, 0) is 4.79 Å². The molecule has 2 atom stereocenters. The van der Waals surface area contributed by atoms with E-state index in [1.165, 1.54) is 27.1 Å². The summed E-state index contributed by atoms with van der Waals surface area (Å²) >= 11 is 0. The van der Waals surface area contributed by atoms with E-state index in [9.17, 15) is 13.6 Å². The molecule has 31 heavy (non-hydrogen) atoms. The number of imidazole rings is 1. The number of anilines is 2. The van der Waals surface area contributed by atoms with Gasteiger partial charge >= 0.3 is 0 Å². The molecule has 1 saturated heterocycles. The Morgan fingerprint density at radius 3 is 2.90 bits per heavy atom. The third kappa shape index (κ3) is 3.29. The Hall–Kier alpha value is -3.83. The van der Waals surface area contributed by atoms with E-state index in [1.54, 1.807) is 24.5 Å². The molecule has 0 unspecified atom stereocenters. The molecule has 1 amide bonds. The topological polar surface area (TPSA) is 119 Å². The third-order valence-corrected chi connectivity index (χ3v) is 5.42. The molecule has 12 heteroatoms. The Bertz CT molecular complexity index is 1300. The normalized spacial score (nSPS) is 19.3. The van der Waals surface area contributed by atoms with Crippen molar-refractivity contribution in [3.63, 3.8) is 0 Å². The second kappa shape index (κ2) is 7.15. The van der Waals surface area contributed by atoms with Crippen molar-refractivity contribution in [1.29, 1.82) is 0 Å². The number of halogens is 2. The van der Waals surface area contributed by atoms with Crippen LogP contribution in [0.4, 0.5) is 20.5 Å². The number of likely N-dealkylation sites (tertiary alicyclic amines) is 1. The number of hydrogen-bond acceptors (Lipinski definition) is 7. The van der Waals surface area contributed by atoms with Gasteiger partial charge in [-0.1, -0.05) is 0 Å². The van der Waals surface area contributed by atoms with Gasteiger partial charge in [0.05, 0.1) is 30.0 Å². The zero-order valence-corrected chi connectivity index (χ0v) is 16.5. The van der Waals surface area contributed by atoms with Crippen LogP contribution in [0.3, 0.4) is 0 Å². The molecule has 0 aromatic carbocycles. The molecule has 160 valence electrons. The van der Waals surface area contributed by atoms with Crippen LogP contribution in [0.15, 0.2) is 30.7 Å². The van der Waals surface area contributed by atoms with Gasteiger partial charge in [-0.05, 0) is 18.6 Å². The Morgan fingerprint density at radius 2 is 2.13 bits per heavy atom. The number of rotatable bonds is 3. The lowest BCUT2D eigenvalue weighted by Gasteiger charge is -2.34. The van der Waals surface area contributed by atoms with Crippen molar-refractivity contribution in [1.82, 2.24) is 34.1 Å². The molecule has 1 fully saturated rings. The van der Waals surface area contributed by atoms with Gasteiger partial charge in [-0.3, -0.25) is 4.79 Å². The van der Waals surface area contributed by atoms with Crippen LogP contribution < -0.4 is 11.1 Å². The van der Waals surface area contributed by atoms with Crippen LogP contribution in [0, 0.1) is 5.82 Å². The van der Waals surface area contributed by atoms with Gasteiger partial charge in [0.2, 0.25) is 11.9 Å². The summed E-state index contributed by atoms with van der Waals surface area (Å²) in [5.41, 5.74) is 7.53. The summed E-state index contributed by atoms with van der Waals surface area (Å²) in [6.07, 6.45) is 3.53. The fraction of sp³-hybridized carbons (Fsp3) is 0.316. The van der Waals surface area contributed by atoms with Crippen LogP contribution in [0.5, 0.6) is 0 Å². The summed E-state index contributed by atoms with van der Waals surface area (Å²) in [5, 5.41) is 11.6. The molecule has 1 aliphatic rings. The lowest BCUT2D eigenvalue weighted by Crippen LogP contribution is -2.49. The molecule has 0 saturated carbocycles. The molecule has 0 bridgehead atoms. The van der Waals surface area contributed by atoms with Crippen molar-refractivity contribution in [3.8, 4) is 11.3 Å². The highest BCUT2D eigenvalue weighted by molar-refractivity contribution is 5.87. The van der Waals surface area contributed by atoms with Crippen molar-refractivity contribution >= 4 is 28.8 Å². The number of nitrogens with zero attached hydrogens (tertiary/aromatic N) is 7. The van der Waals surface area contributed by atoms with Crippen molar-refractivity contribution in [2.75, 3.05) is 24.1 Å². The van der Waals surface area contributed by atoms with Gasteiger partial charge in [-0.2, -0.15) is 10.1 Å². The maximum absolute atomic E-state index is 14.8. The largest absolute Gasteiger partial charge is 0.382 e. The summed E-state index contributed by atoms with van der Waals surface area (Å²) in [6, 6.07) is 2.77. The van der Waals surface area contributed by atoms with Crippen LogP contribution in [0.2, 0.25) is 0 Å². The summed E-state index contributed by atoms with van der Waals surface area (Å²) < 4.78 is 32.2. The van der Waals surface area contributed by atoms with Crippen LogP contribution in [0.25, 0.3) is 22.4 Å². The highest BCUT2D eigenvalue weighted by Gasteiger charge is 2.31. The van der Waals surface area contributed by atoms with Crippen molar-refractivity contribution in [3.05, 3.63) is 36.5 Å². The summed E-state index contributed by atoms with van der Waals surface area (Å²) in [7, 11) is 0. The first-order chi connectivity index (χ1) is 14.9. The van der Waals surface area contributed by atoms with Gasteiger partial charge in [0.25, 0.3) is 0 Å². The molecule has 4 aromatic heterocycles. The first-order valence-corrected chi connectivity index (χ1v) is 9.72. The molecule has 5 heterocycles. The molecule has 10 nitrogen and oxygen atoms in total. The number of amides is 1. The second-order valence-corrected chi connectivity index (χ2v) is 7.43. The number of aromatic nitrogens is 6. The van der Waals surface area contributed by atoms with Crippen LogP contribution >= 0.6 is 0 Å². The molecule has 5 rings (SSSR count). The van der Waals surface area contributed by atoms with Gasteiger partial charge in [0, 0.05) is 25.9 Å². The predicted octanol–water partition coefficient (Wildman–Crippen LogP) is 1.53. The van der Waals surface area contributed by atoms with E-state index in [2.05, 4.69) is 25.5 Å². The molecule has 3 N–H and O–H groups in total. The van der Waals surface area contributed by atoms with E-state index in [0.29, 0.717) is 24.3 Å². The number of nitrogens with two attached hydrogens (primary N) is 1. The summed E-state index contributed by atoms with van der Waals surface area (Å²) in [6.45, 7) is 1.83. The van der Waals surface area contributed by atoms with Gasteiger partial charge in [-0.15, -0.1) is 5.10 Å². The summed E-state index contributed by atoms with van der Waals surface area (Å²) in [5.74, 6) is -0.627. The average molecular weight is 427 g/mol. The predicted molar refractivity (Wildman–Crippen MR) is 109 cm³/mol. The minimum absolute atomic E-state index is 0.00454. The number of carbonyl (C=O) groups is 1. The number of piperidine rings is 1. The number of fused-ring (bicyclic) bond motifs is 2. The number of nitrogens with one attached hydrogen (secondary N) is 1. The molecule has 4 aromatic rings. The van der Waals surface area contributed by atoms with E-state index in [0.717, 1.165) is 0 Å². The zero-order chi connectivity index (χ0) is 21.7. The maximum Gasteiger partial charge on any atom is 0.243 e. The van der Waals surface area contributed by atoms with Gasteiger partial charge in [0.1, 0.15) is 11.7 Å². The Balaban J connectivity index is 1.47. The van der Waals surface area contributed by atoms with Crippen molar-refractivity contribution < 1.29 is 13.6 Å². The average Bonchev–Trinajstić information content (AvgIpc) is 3.32. The zero-order valence-electron chi connectivity index (χ0n) is 16.5. The summed E-state index contributed by atoms with van der Waals surface area (Å²) in [4.78, 5) is 21.2. The number of alkyl halides is 1. The van der Waals surface area contributed by atoms with Crippen molar-refractivity contribution in [2.24, 2.45) is 0 Å². The number of nitrogen functional groups attached to an aromatic ring is 1. The van der Waals surface area contributed by atoms with E-state index in [4.69, 9.17) is 5.73 Å². The van der Waals surface area contributed by atoms with Gasteiger partial charge in [0.15, 0.2) is 17.3 Å². The monoisotopic (exact) mass is 427 g/mol. The van der Waals surface area contributed by atoms with E-state index in [1.807, 2.05) is 0 Å². The Morgan fingerprint density at radius 1 is 1.29 bits per heavy atom. The lowest BCUT2D eigenvalue weighted by atomic mass is 10.0. The number of carbonyl (C=O) groups excluding carboxylic acids is 1. The fourth-order valence-corrected chi connectivity index (χ4v) is 3.85. The smallest absolute Gasteiger partial charge is 0.243 e. The molecular formula is C19H19F2N9O. The first-order valence-electron chi connectivity index (χ1n) is 9.72. The number of hydrogen-bond donors (Lipinski definition) is 2. The van der Waals surface area contributed by atoms with Gasteiger partial charge in [-0.25, -0.2) is 22.8 Å². The minimum Gasteiger partial charge on any atom is -0.382 e. The van der Waals surface area contributed by atoms with E-state index < -0.39 is 18.0 Å². The third-order valence-electron chi connectivity index (χ3n) is 5.42. The van der Waals surface area contributed by atoms with Crippen LogP contribution in [-0.4, -0.2) is 65.3 Å². The van der Waals surface area contributed by atoms with Crippen LogP contribution in [0.1, 0.15) is 13.3 Å². The molecule has 0 aliphatic carbocycles.